The molecule has 4 aromatic rings. The fourth-order valence-corrected chi connectivity index (χ4v) is 3.54. The minimum atomic E-state index is -0.784. The number of aliphatic hydroxyl groups is 1. The Morgan fingerprint density at radius 3 is 2.80 bits per heavy atom. The molecule has 1 unspecified atom stereocenters. The topological polar surface area (TPSA) is 71.2 Å². The molecule has 126 valence electrons. The van der Waals surface area contributed by atoms with E-state index >= 15 is 0 Å². The Morgan fingerprint density at radius 1 is 1.20 bits per heavy atom. The Bertz CT molecular complexity index is 983. The molecule has 2 N–H and O–H groups in total. The summed E-state index contributed by atoms with van der Waals surface area (Å²) in [6.07, 6.45) is 2.22. The van der Waals surface area contributed by atoms with Crippen molar-refractivity contribution in [2.75, 3.05) is 11.9 Å². The van der Waals surface area contributed by atoms with Gasteiger partial charge in [-0.2, -0.15) is 0 Å². The summed E-state index contributed by atoms with van der Waals surface area (Å²) in [6, 6.07) is 9.76. The molecule has 1 aromatic carbocycles. The molecule has 3 heterocycles. The number of nitrogens with one attached hydrogen (secondary N) is 1. The summed E-state index contributed by atoms with van der Waals surface area (Å²) in [4.78, 5) is 9.42. The molecule has 4 rings (SSSR count). The summed E-state index contributed by atoms with van der Waals surface area (Å²) in [7, 11) is 0. The molecule has 0 fully saturated rings. The van der Waals surface area contributed by atoms with Gasteiger partial charge in [-0.25, -0.2) is 14.4 Å². The highest BCUT2D eigenvalue weighted by molar-refractivity contribution is 7.17. The van der Waals surface area contributed by atoms with Gasteiger partial charge in [0.05, 0.1) is 11.6 Å². The molecular weight excluding hydrogens is 341 g/mol. The molecule has 0 saturated heterocycles. The Balaban J connectivity index is 1.67. The molecule has 0 radical (unpaired) electrons. The third kappa shape index (κ3) is 3.11. The number of benzene rings is 1. The van der Waals surface area contributed by atoms with Crippen LogP contribution in [0, 0.1) is 5.82 Å². The highest BCUT2D eigenvalue weighted by atomic mass is 32.1. The number of fused-ring (bicyclic) bond motifs is 1. The second-order valence-corrected chi connectivity index (χ2v) is 6.33. The maximum atomic E-state index is 13.2. The molecule has 3 aromatic heterocycles. The lowest BCUT2D eigenvalue weighted by Gasteiger charge is -2.11. The predicted molar refractivity (Wildman–Crippen MR) is 95.0 cm³/mol. The van der Waals surface area contributed by atoms with Crippen molar-refractivity contribution in [1.29, 1.82) is 0 Å². The van der Waals surface area contributed by atoms with E-state index < -0.39 is 6.10 Å². The van der Waals surface area contributed by atoms with E-state index in [0.717, 1.165) is 21.3 Å². The maximum absolute atomic E-state index is 13.2. The largest absolute Gasteiger partial charge is 0.467 e. The van der Waals surface area contributed by atoms with Crippen LogP contribution in [0.2, 0.25) is 0 Å². The van der Waals surface area contributed by atoms with E-state index in [4.69, 9.17) is 4.42 Å². The van der Waals surface area contributed by atoms with Crippen LogP contribution in [0.1, 0.15) is 11.9 Å². The number of aliphatic hydroxyl groups excluding tert-OH is 1. The molecule has 0 saturated carbocycles. The Labute approximate surface area is 146 Å². The first-order valence-corrected chi connectivity index (χ1v) is 8.54. The normalized spacial score (nSPS) is 12.4. The highest BCUT2D eigenvalue weighted by Crippen LogP contribution is 2.36. The van der Waals surface area contributed by atoms with Crippen molar-refractivity contribution in [2.45, 2.75) is 6.10 Å². The molecule has 0 bridgehead atoms. The number of halogens is 1. The molecule has 5 nitrogen and oxygen atoms in total. The molecule has 1 atom stereocenters. The average Bonchev–Trinajstić information content (AvgIpc) is 3.30. The van der Waals surface area contributed by atoms with Crippen LogP contribution in [0.3, 0.4) is 0 Å². The standard InChI is InChI=1S/C18H14FN3O2S/c19-12-5-3-11(4-6-12)13-9-25-18-16(13)17(21-10-22-18)20-8-14(23)15-2-1-7-24-15/h1-7,9-10,14,23H,8H2,(H,20,21,22). The van der Waals surface area contributed by atoms with Crippen LogP contribution in [0.15, 0.2) is 58.8 Å². The average molecular weight is 355 g/mol. The maximum Gasteiger partial charge on any atom is 0.138 e. The third-order valence-electron chi connectivity index (χ3n) is 3.86. The lowest BCUT2D eigenvalue weighted by Crippen LogP contribution is -2.12. The Kier molecular flexibility index (Phi) is 4.17. The summed E-state index contributed by atoms with van der Waals surface area (Å²) in [5, 5.41) is 16.2. The van der Waals surface area contributed by atoms with Gasteiger partial charge < -0.3 is 14.8 Å². The summed E-state index contributed by atoms with van der Waals surface area (Å²) < 4.78 is 18.4. The van der Waals surface area contributed by atoms with Crippen LogP contribution in [-0.2, 0) is 0 Å². The van der Waals surface area contributed by atoms with E-state index in [1.807, 2.05) is 5.38 Å². The van der Waals surface area contributed by atoms with Crippen molar-refractivity contribution in [2.24, 2.45) is 0 Å². The SMILES string of the molecule is OC(CNc1ncnc2scc(-c3ccc(F)cc3)c12)c1ccco1. The quantitative estimate of drug-likeness (QED) is 0.560. The van der Waals surface area contributed by atoms with Gasteiger partial charge in [-0.1, -0.05) is 12.1 Å². The first kappa shape index (κ1) is 15.7. The second kappa shape index (κ2) is 6.62. The molecule has 0 aliphatic heterocycles. The lowest BCUT2D eigenvalue weighted by molar-refractivity contribution is 0.162. The van der Waals surface area contributed by atoms with Crippen LogP contribution >= 0.6 is 11.3 Å². The van der Waals surface area contributed by atoms with E-state index in [9.17, 15) is 9.50 Å². The van der Waals surface area contributed by atoms with Crippen molar-refractivity contribution in [3.63, 3.8) is 0 Å². The second-order valence-electron chi connectivity index (χ2n) is 5.47. The van der Waals surface area contributed by atoms with Crippen molar-refractivity contribution >= 4 is 27.4 Å². The van der Waals surface area contributed by atoms with Gasteiger partial charge in [0, 0.05) is 17.5 Å². The number of nitrogens with zero attached hydrogens (tertiary/aromatic N) is 2. The fraction of sp³-hybridized carbons (Fsp3) is 0.111. The Morgan fingerprint density at radius 2 is 2.04 bits per heavy atom. The van der Waals surface area contributed by atoms with Gasteiger partial charge in [0.15, 0.2) is 0 Å². The highest BCUT2D eigenvalue weighted by Gasteiger charge is 2.15. The van der Waals surface area contributed by atoms with Gasteiger partial charge in [-0.05, 0) is 29.8 Å². The monoisotopic (exact) mass is 355 g/mol. The van der Waals surface area contributed by atoms with Crippen LogP contribution in [-0.4, -0.2) is 21.6 Å². The predicted octanol–water partition coefficient (Wildman–Crippen LogP) is 4.24. The molecule has 25 heavy (non-hydrogen) atoms. The first-order valence-electron chi connectivity index (χ1n) is 7.66. The van der Waals surface area contributed by atoms with Gasteiger partial charge in [0.25, 0.3) is 0 Å². The molecular formula is C18H14FN3O2S. The number of thiophene rings is 1. The minimum Gasteiger partial charge on any atom is -0.467 e. The fourth-order valence-electron chi connectivity index (χ4n) is 2.63. The zero-order valence-electron chi connectivity index (χ0n) is 13.0. The van der Waals surface area contributed by atoms with Gasteiger partial charge in [-0.3, -0.25) is 0 Å². The number of furan rings is 1. The van der Waals surface area contributed by atoms with E-state index in [1.54, 1.807) is 24.3 Å². The van der Waals surface area contributed by atoms with Crippen LogP contribution in [0.5, 0.6) is 0 Å². The van der Waals surface area contributed by atoms with Crippen LogP contribution < -0.4 is 5.32 Å². The van der Waals surface area contributed by atoms with Crippen molar-refractivity contribution in [3.8, 4) is 11.1 Å². The summed E-state index contributed by atoms with van der Waals surface area (Å²) in [5.41, 5.74) is 1.81. The van der Waals surface area contributed by atoms with Gasteiger partial charge in [-0.15, -0.1) is 11.3 Å². The number of hydrogen-bond acceptors (Lipinski definition) is 6. The van der Waals surface area contributed by atoms with E-state index in [1.165, 1.54) is 36.1 Å². The molecule has 0 spiro atoms. The van der Waals surface area contributed by atoms with Gasteiger partial charge in [0.2, 0.25) is 0 Å². The first-order chi connectivity index (χ1) is 12.2. The van der Waals surface area contributed by atoms with Gasteiger partial charge >= 0.3 is 0 Å². The minimum absolute atomic E-state index is 0.248. The zero-order valence-corrected chi connectivity index (χ0v) is 13.8. The van der Waals surface area contributed by atoms with E-state index in [2.05, 4.69) is 15.3 Å². The smallest absolute Gasteiger partial charge is 0.138 e. The van der Waals surface area contributed by atoms with Crippen LogP contribution in [0.25, 0.3) is 21.3 Å². The molecule has 0 amide bonds. The number of hydrogen-bond donors (Lipinski definition) is 2. The molecule has 7 heteroatoms. The molecule has 0 aliphatic rings. The summed E-state index contributed by atoms with van der Waals surface area (Å²) in [6.45, 7) is 0.248. The third-order valence-corrected chi connectivity index (χ3v) is 4.75. The van der Waals surface area contributed by atoms with E-state index in [-0.39, 0.29) is 12.4 Å². The van der Waals surface area contributed by atoms with Crippen LogP contribution in [0.4, 0.5) is 10.2 Å². The summed E-state index contributed by atoms with van der Waals surface area (Å²) in [5.74, 6) is 0.831. The summed E-state index contributed by atoms with van der Waals surface area (Å²) >= 11 is 1.49. The number of anilines is 1. The van der Waals surface area contributed by atoms with E-state index in [0.29, 0.717) is 11.6 Å². The van der Waals surface area contributed by atoms with Crippen molar-refractivity contribution in [3.05, 3.63) is 65.9 Å². The Hall–Kier alpha value is -2.77. The van der Waals surface area contributed by atoms with Crippen molar-refractivity contribution < 1.29 is 13.9 Å². The zero-order chi connectivity index (χ0) is 17.2. The lowest BCUT2D eigenvalue weighted by atomic mass is 10.1. The van der Waals surface area contributed by atoms with Gasteiger partial charge in [0.1, 0.15) is 34.7 Å². The number of aromatic nitrogens is 2. The molecule has 0 aliphatic carbocycles. The van der Waals surface area contributed by atoms with Crippen molar-refractivity contribution in [1.82, 2.24) is 9.97 Å². The number of rotatable bonds is 5.